The van der Waals surface area contributed by atoms with Gasteiger partial charge in [-0.15, -0.1) is 0 Å². The molecule has 1 N–H and O–H groups in total. The summed E-state index contributed by atoms with van der Waals surface area (Å²) in [5.74, 6) is -2.66. The molecule has 0 aliphatic carbocycles. The van der Waals surface area contributed by atoms with Gasteiger partial charge in [0.15, 0.2) is 0 Å². The highest BCUT2D eigenvalue weighted by atomic mass is 16.6. The number of carbonyl (C=O) groups is 2. The largest absolute Gasteiger partial charge is 0.608 e. The van der Waals surface area contributed by atoms with Gasteiger partial charge in [0.2, 0.25) is 0 Å². The molecule has 0 amide bonds. The number of carbonyl (C=O) groups excluding carboxylic acids is 2. The van der Waals surface area contributed by atoms with Gasteiger partial charge in [-0.2, -0.15) is 0 Å². The average molecular weight is 626 g/mol. The maximum Gasteiger partial charge on any atom is 0.355 e. The van der Waals surface area contributed by atoms with Crippen LogP contribution >= 0.6 is 0 Å². The van der Waals surface area contributed by atoms with Crippen LogP contribution in [0.1, 0.15) is 56.9 Å². The molecule has 0 aliphatic heterocycles. The van der Waals surface area contributed by atoms with Gasteiger partial charge < -0.3 is 33.6 Å². The summed E-state index contributed by atoms with van der Waals surface area (Å²) in [5.41, 5.74) is 3.11. The third-order valence-electron chi connectivity index (χ3n) is 7.57. The molecular formula is C35H35N3O8-. The molecule has 0 atom stereocenters. The Hall–Kier alpha value is -5.58. The first-order chi connectivity index (χ1) is 22.2. The molecule has 0 unspecified atom stereocenters. The predicted molar refractivity (Wildman–Crippen MR) is 165 cm³/mol. The smallest absolute Gasteiger partial charge is 0.355 e. The van der Waals surface area contributed by atoms with Crippen molar-refractivity contribution in [1.29, 1.82) is 0 Å². The zero-order valence-electron chi connectivity index (χ0n) is 26.3. The zero-order valence-corrected chi connectivity index (χ0v) is 26.3. The van der Waals surface area contributed by atoms with Gasteiger partial charge in [0.25, 0.3) is 0 Å². The average Bonchev–Trinajstić information content (AvgIpc) is 3.65. The summed E-state index contributed by atoms with van der Waals surface area (Å²) in [6, 6.07) is 18.4. The number of nitrogens with one attached hydrogen (secondary N) is 1. The zero-order chi connectivity index (χ0) is 33.0. The molecular weight excluding hydrogens is 590 g/mol. The highest BCUT2D eigenvalue weighted by molar-refractivity contribution is 5.99. The van der Waals surface area contributed by atoms with Gasteiger partial charge in [-0.25, -0.2) is 14.7 Å². The fourth-order valence-electron chi connectivity index (χ4n) is 5.46. The molecule has 5 aromatic rings. The Bertz CT molecular complexity index is 2110. The molecule has 0 spiro atoms. The number of nitrogens with zero attached hydrogens (tertiary/aromatic N) is 2. The molecule has 0 aliphatic rings. The van der Waals surface area contributed by atoms with Gasteiger partial charge in [0.1, 0.15) is 23.1 Å². The third-order valence-corrected chi connectivity index (χ3v) is 7.57. The minimum atomic E-state index is -0.693. The number of ether oxygens (including phenoxy) is 4. The molecule has 0 saturated heterocycles. The van der Waals surface area contributed by atoms with Gasteiger partial charge in [-0.3, -0.25) is 4.40 Å². The van der Waals surface area contributed by atoms with E-state index >= 15 is 0 Å². The molecule has 0 bridgehead atoms. The van der Waals surface area contributed by atoms with Crippen molar-refractivity contribution in [2.75, 3.05) is 13.2 Å². The van der Waals surface area contributed by atoms with Gasteiger partial charge >= 0.3 is 17.9 Å². The molecule has 0 saturated carbocycles. The van der Waals surface area contributed by atoms with E-state index < -0.39 is 23.8 Å². The van der Waals surface area contributed by atoms with Crippen molar-refractivity contribution in [3.8, 4) is 0 Å². The Labute approximate surface area is 264 Å². The van der Waals surface area contributed by atoms with Crippen LogP contribution in [0.3, 0.4) is 0 Å². The van der Waals surface area contributed by atoms with Crippen LogP contribution in [-0.2, 0) is 44.3 Å². The first-order valence-electron chi connectivity index (χ1n) is 14.9. The Morgan fingerprint density at radius 2 is 1.39 bits per heavy atom. The van der Waals surface area contributed by atoms with Crippen molar-refractivity contribution >= 4 is 29.3 Å². The molecule has 239 valence electrons. The normalized spacial score (nSPS) is 13.3. The van der Waals surface area contributed by atoms with Crippen LogP contribution in [0.5, 0.6) is 0 Å². The number of aryl methyl sites for hydroxylation is 1. The topological polar surface area (TPSA) is 139 Å². The van der Waals surface area contributed by atoms with Crippen molar-refractivity contribution in [1.82, 2.24) is 14.0 Å². The lowest BCUT2D eigenvalue weighted by atomic mass is 10.2. The highest BCUT2D eigenvalue weighted by Crippen LogP contribution is 2.20. The lowest BCUT2D eigenvalue weighted by Crippen LogP contribution is -2.23. The van der Waals surface area contributed by atoms with Gasteiger partial charge in [0.05, 0.1) is 35.6 Å². The van der Waals surface area contributed by atoms with Gasteiger partial charge in [-0.05, 0) is 49.9 Å². The Kier molecular flexibility index (Phi) is 9.41. The number of esters is 2. The first kappa shape index (κ1) is 31.8. The van der Waals surface area contributed by atoms with E-state index in [9.17, 15) is 19.8 Å². The quantitative estimate of drug-likeness (QED) is 0.235. The molecule has 11 nitrogen and oxygen atoms in total. The molecule has 11 heteroatoms. The van der Waals surface area contributed by atoms with Crippen molar-refractivity contribution in [2.24, 2.45) is 7.05 Å². The van der Waals surface area contributed by atoms with Gasteiger partial charge in [-0.1, -0.05) is 60.7 Å². The number of fused-ring (bicyclic) bond motifs is 1. The summed E-state index contributed by atoms with van der Waals surface area (Å²) >= 11 is 0. The highest BCUT2D eigenvalue weighted by Gasteiger charge is 2.25. The summed E-state index contributed by atoms with van der Waals surface area (Å²) in [6.07, 6.45) is 1.66. The standard InChI is InChI=1S/C35H36N3O8/c1-6-43-34(41)28-21(3)27(33(40)46-20-24-16-12-9-13-17-24)29(36-28)31-37(5)18-25-26(22(4)30(38(25)31)35(42)44-7-2)32(39)45-19-23-14-10-8-11-15-23/h8-18,36,40H,6-7,19-20H2,1-5H3/p-1. The molecule has 0 fully saturated rings. The monoisotopic (exact) mass is 625 g/mol. The van der Waals surface area contributed by atoms with Crippen LogP contribution in [0.15, 0.2) is 66.9 Å². The Morgan fingerprint density at radius 1 is 0.804 bits per heavy atom. The van der Waals surface area contributed by atoms with Crippen LogP contribution in [0.2, 0.25) is 0 Å². The van der Waals surface area contributed by atoms with E-state index in [2.05, 4.69) is 4.98 Å². The van der Waals surface area contributed by atoms with Gasteiger partial charge in [0, 0.05) is 25.1 Å². The second-order valence-corrected chi connectivity index (χ2v) is 10.6. The van der Waals surface area contributed by atoms with Crippen molar-refractivity contribution in [2.45, 2.75) is 40.9 Å². The molecule has 3 heterocycles. The SMILES string of the molecule is CCOC(=O)c1[nH]c(=c2n(C)cc3c(C(=O)OCc4ccccc4)c(C)c(=C([O])OCC)n23)c(=C([O-])OCc2ccccc2)c1C. The van der Waals surface area contributed by atoms with Crippen LogP contribution in [0, 0.1) is 24.7 Å². The van der Waals surface area contributed by atoms with E-state index in [1.165, 1.54) is 0 Å². The van der Waals surface area contributed by atoms with Crippen molar-refractivity contribution in [3.05, 3.63) is 122 Å². The number of aromatic amines is 1. The summed E-state index contributed by atoms with van der Waals surface area (Å²) in [4.78, 5) is 29.6. The molecule has 2 aromatic carbocycles. The fourth-order valence-corrected chi connectivity index (χ4v) is 5.46. The Balaban J connectivity index is 1.84. The predicted octanol–water partition coefficient (Wildman–Crippen LogP) is 3.22. The van der Waals surface area contributed by atoms with Crippen molar-refractivity contribution in [3.63, 3.8) is 0 Å². The number of hydrogen-bond donors (Lipinski definition) is 1. The number of benzene rings is 2. The van der Waals surface area contributed by atoms with Crippen LogP contribution in [0.25, 0.3) is 17.4 Å². The molecule has 46 heavy (non-hydrogen) atoms. The maximum atomic E-state index is 13.7. The van der Waals surface area contributed by atoms with Crippen LogP contribution in [0.4, 0.5) is 0 Å². The number of H-pyrrole nitrogens is 1. The molecule has 5 rings (SSSR count). The maximum absolute atomic E-state index is 13.7. The number of hydrogen-bond acceptors (Lipinski definition) is 7. The van der Waals surface area contributed by atoms with Crippen molar-refractivity contribution < 1.29 is 38.7 Å². The summed E-state index contributed by atoms with van der Waals surface area (Å²) in [5, 5.41) is 27.5. The van der Waals surface area contributed by atoms with E-state index in [0.717, 1.165) is 11.1 Å². The van der Waals surface area contributed by atoms with E-state index in [1.54, 1.807) is 49.9 Å². The fraction of sp³-hybridized carbons (Fsp3) is 0.257. The molecule has 1 radical (unpaired) electrons. The summed E-state index contributed by atoms with van der Waals surface area (Å²) < 4.78 is 25.2. The van der Waals surface area contributed by atoms with E-state index in [0.29, 0.717) is 22.1 Å². The minimum absolute atomic E-state index is 0.00483. The van der Waals surface area contributed by atoms with E-state index in [-0.39, 0.29) is 53.6 Å². The second kappa shape index (κ2) is 13.6. The minimum Gasteiger partial charge on any atom is -0.608 e. The lowest BCUT2D eigenvalue weighted by Gasteiger charge is -2.15. The van der Waals surface area contributed by atoms with Crippen LogP contribution in [-0.4, -0.2) is 39.1 Å². The number of aromatic nitrogens is 3. The van der Waals surface area contributed by atoms with Crippen LogP contribution < -0.4 is 15.7 Å². The third kappa shape index (κ3) is 6.03. The number of rotatable bonds is 10. The lowest BCUT2D eigenvalue weighted by molar-refractivity contribution is -0.293. The molecule has 3 aromatic heterocycles. The number of imidazole rings is 1. The summed E-state index contributed by atoms with van der Waals surface area (Å²) in [6.45, 7) is 6.85. The van der Waals surface area contributed by atoms with E-state index in [4.69, 9.17) is 18.9 Å². The Morgan fingerprint density at radius 3 is 1.98 bits per heavy atom. The summed E-state index contributed by atoms with van der Waals surface area (Å²) in [7, 11) is 1.70. The van der Waals surface area contributed by atoms with E-state index in [1.807, 2.05) is 60.7 Å². The second-order valence-electron chi connectivity index (χ2n) is 10.6. The first-order valence-corrected chi connectivity index (χ1v) is 14.9.